The van der Waals surface area contributed by atoms with Crippen molar-refractivity contribution in [2.45, 2.75) is 19.8 Å². The van der Waals surface area contributed by atoms with Gasteiger partial charge < -0.3 is 24.2 Å². The molecule has 0 spiro atoms. The first kappa shape index (κ1) is 16.8. The highest BCUT2D eigenvalue weighted by atomic mass is 16.7. The number of amides is 2. The highest BCUT2D eigenvalue weighted by molar-refractivity contribution is 5.99. The van der Waals surface area contributed by atoms with Gasteiger partial charge in [0, 0.05) is 18.2 Å². The van der Waals surface area contributed by atoms with E-state index in [0.29, 0.717) is 29.4 Å². The van der Waals surface area contributed by atoms with Gasteiger partial charge in [-0.05, 0) is 24.6 Å². The molecule has 1 aliphatic rings. The van der Waals surface area contributed by atoms with E-state index in [4.69, 9.17) is 9.47 Å². The van der Waals surface area contributed by atoms with Crippen LogP contribution in [0.2, 0.25) is 0 Å². The highest BCUT2D eigenvalue weighted by Crippen LogP contribution is 2.32. The molecular weight excluding hydrogens is 326 g/mol. The molecule has 1 aromatic carbocycles. The molecule has 25 heavy (non-hydrogen) atoms. The number of unbranched alkanes of at least 4 members (excludes halogenated alkanes) is 1. The Bertz CT molecular complexity index is 745. The van der Waals surface area contributed by atoms with Crippen LogP contribution in [0.15, 0.2) is 35.1 Å². The van der Waals surface area contributed by atoms with Gasteiger partial charge in [-0.1, -0.05) is 18.5 Å². The number of anilines is 1. The van der Waals surface area contributed by atoms with E-state index in [1.807, 2.05) is 6.92 Å². The van der Waals surface area contributed by atoms with Crippen LogP contribution in [-0.4, -0.2) is 41.8 Å². The van der Waals surface area contributed by atoms with Crippen LogP contribution in [0.5, 0.6) is 11.5 Å². The average molecular weight is 345 g/mol. The molecule has 0 aliphatic carbocycles. The second kappa shape index (κ2) is 7.69. The summed E-state index contributed by atoms with van der Waals surface area (Å²) in [7, 11) is 0. The van der Waals surface area contributed by atoms with Crippen LogP contribution in [0.4, 0.5) is 5.82 Å². The largest absolute Gasteiger partial charge is 0.454 e. The SMILES string of the molecule is CCCCN(CC(=O)Nc1ccon1)C(=O)c1ccc2c(c1)OCO2. The molecule has 132 valence electrons. The Morgan fingerprint density at radius 3 is 2.84 bits per heavy atom. The minimum absolute atomic E-state index is 0.0693. The number of benzene rings is 1. The lowest BCUT2D eigenvalue weighted by atomic mass is 10.1. The van der Waals surface area contributed by atoms with Gasteiger partial charge in [-0.25, -0.2) is 0 Å². The standard InChI is InChI=1S/C17H19N3O5/c1-2-3-7-20(10-16(21)18-15-6-8-25-19-15)17(22)12-4-5-13-14(9-12)24-11-23-13/h4-6,8-9H,2-3,7,10-11H2,1H3,(H,18,19,21). The molecule has 0 bridgehead atoms. The van der Waals surface area contributed by atoms with E-state index in [-0.39, 0.29) is 25.2 Å². The molecule has 0 radical (unpaired) electrons. The highest BCUT2D eigenvalue weighted by Gasteiger charge is 2.22. The minimum Gasteiger partial charge on any atom is -0.454 e. The molecule has 2 heterocycles. The van der Waals surface area contributed by atoms with Crippen molar-refractivity contribution < 1.29 is 23.6 Å². The Kier molecular flexibility index (Phi) is 5.17. The molecule has 0 unspecified atom stereocenters. The molecule has 1 N–H and O–H groups in total. The third-order valence-electron chi connectivity index (χ3n) is 3.73. The molecule has 0 saturated carbocycles. The van der Waals surface area contributed by atoms with E-state index in [0.717, 1.165) is 12.8 Å². The quantitative estimate of drug-likeness (QED) is 0.827. The first-order valence-corrected chi connectivity index (χ1v) is 8.06. The average Bonchev–Trinajstić information content (AvgIpc) is 3.28. The lowest BCUT2D eigenvalue weighted by molar-refractivity contribution is -0.117. The van der Waals surface area contributed by atoms with Crippen molar-refractivity contribution >= 4 is 17.6 Å². The van der Waals surface area contributed by atoms with Crippen molar-refractivity contribution in [3.05, 3.63) is 36.1 Å². The lowest BCUT2D eigenvalue weighted by Gasteiger charge is -2.22. The van der Waals surface area contributed by atoms with Crippen LogP contribution >= 0.6 is 0 Å². The third kappa shape index (κ3) is 4.09. The summed E-state index contributed by atoms with van der Waals surface area (Å²) in [6.07, 6.45) is 3.07. The number of ether oxygens (including phenoxy) is 2. The summed E-state index contributed by atoms with van der Waals surface area (Å²) in [5, 5.41) is 6.22. The second-order valence-electron chi connectivity index (χ2n) is 5.58. The van der Waals surface area contributed by atoms with Crippen molar-refractivity contribution in [3.63, 3.8) is 0 Å². The van der Waals surface area contributed by atoms with Gasteiger partial charge in [0.1, 0.15) is 12.8 Å². The Hall–Kier alpha value is -3.03. The number of rotatable bonds is 7. The zero-order chi connectivity index (χ0) is 17.6. The van der Waals surface area contributed by atoms with Crippen molar-refractivity contribution in [1.82, 2.24) is 10.1 Å². The maximum absolute atomic E-state index is 12.8. The van der Waals surface area contributed by atoms with E-state index in [9.17, 15) is 9.59 Å². The molecule has 0 atom stereocenters. The number of hydrogen-bond donors (Lipinski definition) is 1. The van der Waals surface area contributed by atoms with Crippen molar-refractivity contribution in [3.8, 4) is 11.5 Å². The van der Waals surface area contributed by atoms with E-state index >= 15 is 0 Å². The van der Waals surface area contributed by atoms with Crippen LogP contribution in [-0.2, 0) is 4.79 Å². The molecule has 3 rings (SSSR count). The zero-order valence-corrected chi connectivity index (χ0v) is 13.9. The first-order valence-electron chi connectivity index (χ1n) is 8.06. The number of nitrogens with zero attached hydrogens (tertiary/aromatic N) is 2. The van der Waals surface area contributed by atoms with Crippen LogP contribution in [0, 0.1) is 0 Å². The summed E-state index contributed by atoms with van der Waals surface area (Å²) in [6, 6.07) is 6.54. The Morgan fingerprint density at radius 1 is 1.24 bits per heavy atom. The number of aromatic nitrogens is 1. The molecule has 8 nitrogen and oxygen atoms in total. The lowest BCUT2D eigenvalue weighted by Crippen LogP contribution is -2.38. The van der Waals surface area contributed by atoms with Crippen molar-refractivity contribution in [1.29, 1.82) is 0 Å². The predicted octanol–water partition coefficient (Wildman–Crippen LogP) is 2.28. The van der Waals surface area contributed by atoms with E-state index in [2.05, 4.69) is 15.0 Å². The summed E-state index contributed by atoms with van der Waals surface area (Å²) in [5.41, 5.74) is 0.453. The number of fused-ring (bicyclic) bond motifs is 1. The smallest absolute Gasteiger partial charge is 0.254 e. The fraction of sp³-hybridized carbons (Fsp3) is 0.353. The van der Waals surface area contributed by atoms with Crippen LogP contribution in [0.1, 0.15) is 30.1 Å². The number of hydrogen-bond acceptors (Lipinski definition) is 6. The molecule has 1 aromatic heterocycles. The Labute approximate surface area is 144 Å². The molecular formula is C17H19N3O5. The van der Waals surface area contributed by atoms with Crippen LogP contribution < -0.4 is 14.8 Å². The summed E-state index contributed by atoms with van der Waals surface area (Å²) in [6.45, 7) is 2.58. The number of carbonyl (C=O) groups is 2. The van der Waals surface area contributed by atoms with Crippen LogP contribution in [0.3, 0.4) is 0 Å². The van der Waals surface area contributed by atoms with Gasteiger partial charge in [0.15, 0.2) is 17.3 Å². The maximum Gasteiger partial charge on any atom is 0.254 e. The summed E-state index contributed by atoms with van der Waals surface area (Å²) < 4.78 is 15.2. The van der Waals surface area contributed by atoms with E-state index < -0.39 is 0 Å². The fourth-order valence-electron chi connectivity index (χ4n) is 2.45. The second-order valence-corrected chi connectivity index (χ2v) is 5.58. The van der Waals surface area contributed by atoms with Gasteiger partial charge in [-0.15, -0.1) is 0 Å². The minimum atomic E-state index is -0.334. The molecule has 1 aliphatic heterocycles. The monoisotopic (exact) mass is 345 g/mol. The topological polar surface area (TPSA) is 93.9 Å². The van der Waals surface area contributed by atoms with Crippen molar-refractivity contribution in [2.24, 2.45) is 0 Å². The number of nitrogens with one attached hydrogen (secondary N) is 1. The third-order valence-corrected chi connectivity index (χ3v) is 3.73. The first-order chi connectivity index (χ1) is 12.2. The fourth-order valence-corrected chi connectivity index (χ4v) is 2.45. The van der Waals surface area contributed by atoms with Gasteiger partial charge in [0.2, 0.25) is 12.7 Å². The van der Waals surface area contributed by atoms with Crippen LogP contribution in [0.25, 0.3) is 0 Å². The summed E-state index contributed by atoms with van der Waals surface area (Å²) in [4.78, 5) is 26.5. The summed E-state index contributed by atoms with van der Waals surface area (Å²) >= 11 is 0. The van der Waals surface area contributed by atoms with Crippen molar-refractivity contribution in [2.75, 3.05) is 25.2 Å². The molecule has 2 amide bonds. The molecule has 8 heteroatoms. The maximum atomic E-state index is 12.8. The Balaban J connectivity index is 1.70. The number of carbonyl (C=O) groups excluding carboxylic acids is 2. The molecule has 0 saturated heterocycles. The van der Waals surface area contributed by atoms with E-state index in [1.165, 1.54) is 17.2 Å². The zero-order valence-electron chi connectivity index (χ0n) is 13.9. The Morgan fingerprint density at radius 2 is 2.08 bits per heavy atom. The molecule has 2 aromatic rings. The predicted molar refractivity (Wildman–Crippen MR) is 88.5 cm³/mol. The van der Waals surface area contributed by atoms with Gasteiger partial charge in [-0.3, -0.25) is 9.59 Å². The normalized spacial score (nSPS) is 12.0. The molecule has 0 fully saturated rings. The van der Waals surface area contributed by atoms with E-state index in [1.54, 1.807) is 18.2 Å². The van der Waals surface area contributed by atoms with Gasteiger partial charge in [-0.2, -0.15) is 0 Å². The van der Waals surface area contributed by atoms with Gasteiger partial charge >= 0.3 is 0 Å². The summed E-state index contributed by atoms with van der Waals surface area (Å²) in [5.74, 6) is 0.894. The van der Waals surface area contributed by atoms with Gasteiger partial charge in [0.25, 0.3) is 5.91 Å². The van der Waals surface area contributed by atoms with Gasteiger partial charge in [0.05, 0.1) is 0 Å².